The number of hydrogen-bond donors (Lipinski definition) is 1. The van der Waals surface area contributed by atoms with E-state index in [2.05, 4.69) is 15.3 Å². The molecule has 5 heteroatoms. The predicted octanol–water partition coefficient (Wildman–Crippen LogP) is 2.82. The molecule has 1 N–H and O–H groups in total. The monoisotopic (exact) mass is 273 g/mol. The third kappa shape index (κ3) is 2.52. The summed E-state index contributed by atoms with van der Waals surface area (Å²) in [5.41, 5.74) is 2.70. The van der Waals surface area contributed by atoms with Crippen molar-refractivity contribution < 1.29 is 9.47 Å². The first-order chi connectivity index (χ1) is 9.60. The lowest BCUT2D eigenvalue weighted by molar-refractivity contribution is 0.390. The maximum absolute atomic E-state index is 5.53. The van der Waals surface area contributed by atoms with Crippen molar-refractivity contribution in [2.75, 3.05) is 26.6 Å². The van der Waals surface area contributed by atoms with Gasteiger partial charge < -0.3 is 14.8 Å². The maximum Gasteiger partial charge on any atom is 0.134 e. The van der Waals surface area contributed by atoms with E-state index in [4.69, 9.17) is 9.47 Å². The van der Waals surface area contributed by atoms with E-state index in [1.54, 1.807) is 14.2 Å². The second kappa shape index (κ2) is 5.77. The molecule has 0 aliphatic heterocycles. The number of hydrogen-bond acceptors (Lipinski definition) is 5. The fourth-order valence-corrected chi connectivity index (χ4v) is 2.19. The fraction of sp³-hybridized carbons (Fsp3) is 0.333. The van der Waals surface area contributed by atoms with Crippen LogP contribution in [0.4, 0.5) is 5.82 Å². The Morgan fingerprint density at radius 3 is 2.40 bits per heavy atom. The van der Waals surface area contributed by atoms with Crippen LogP contribution in [0.2, 0.25) is 0 Å². The summed E-state index contributed by atoms with van der Waals surface area (Å²) in [5.74, 6) is 3.06. The lowest BCUT2D eigenvalue weighted by Gasteiger charge is -2.14. The van der Waals surface area contributed by atoms with Gasteiger partial charge in [-0.25, -0.2) is 9.97 Å². The summed E-state index contributed by atoms with van der Waals surface area (Å²) >= 11 is 0. The largest absolute Gasteiger partial charge is 0.496 e. The average molecular weight is 273 g/mol. The lowest BCUT2D eigenvalue weighted by atomic mass is 10.1. The molecule has 0 saturated carbocycles. The maximum atomic E-state index is 5.53. The number of ether oxygens (including phenoxy) is 2. The summed E-state index contributed by atoms with van der Waals surface area (Å²) in [4.78, 5) is 8.79. The van der Waals surface area contributed by atoms with Gasteiger partial charge in [0.25, 0.3) is 0 Å². The Balaban J connectivity index is 2.63. The smallest absolute Gasteiger partial charge is 0.134 e. The molecule has 0 fully saturated rings. The first-order valence-electron chi connectivity index (χ1n) is 6.36. The Morgan fingerprint density at radius 2 is 1.80 bits per heavy atom. The van der Waals surface area contributed by atoms with Crippen molar-refractivity contribution in [1.82, 2.24) is 9.97 Å². The van der Waals surface area contributed by atoms with Gasteiger partial charge in [0.05, 0.1) is 19.9 Å². The Hall–Kier alpha value is -2.30. The van der Waals surface area contributed by atoms with Gasteiger partial charge in [-0.15, -0.1) is 0 Å². The van der Waals surface area contributed by atoms with Crippen molar-refractivity contribution >= 4 is 5.82 Å². The van der Waals surface area contributed by atoms with E-state index >= 15 is 0 Å². The van der Waals surface area contributed by atoms with Crippen LogP contribution in [0.5, 0.6) is 11.5 Å². The van der Waals surface area contributed by atoms with Gasteiger partial charge in [0.15, 0.2) is 0 Å². The molecule has 0 unspecified atom stereocenters. The highest BCUT2D eigenvalue weighted by Crippen LogP contribution is 2.37. The summed E-state index contributed by atoms with van der Waals surface area (Å²) < 4.78 is 10.8. The second-order valence-electron chi connectivity index (χ2n) is 4.41. The summed E-state index contributed by atoms with van der Waals surface area (Å²) in [5, 5.41) is 3.04. The van der Waals surface area contributed by atoms with Crippen LogP contribution in [0, 0.1) is 13.8 Å². The van der Waals surface area contributed by atoms with Gasteiger partial charge in [-0.1, -0.05) is 0 Å². The van der Waals surface area contributed by atoms with Gasteiger partial charge in [-0.3, -0.25) is 0 Å². The number of aryl methyl sites for hydroxylation is 1. The van der Waals surface area contributed by atoms with E-state index < -0.39 is 0 Å². The van der Waals surface area contributed by atoms with Crippen molar-refractivity contribution in [2.24, 2.45) is 0 Å². The van der Waals surface area contributed by atoms with Gasteiger partial charge in [-0.05, 0) is 26.0 Å². The molecule has 20 heavy (non-hydrogen) atoms. The molecule has 2 aromatic rings. The van der Waals surface area contributed by atoms with E-state index in [0.717, 1.165) is 34.1 Å². The highest BCUT2D eigenvalue weighted by Gasteiger charge is 2.14. The molecule has 0 saturated heterocycles. The lowest BCUT2D eigenvalue weighted by Crippen LogP contribution is -2.00. The van der Waals surface area contributed by atoms with E-state index in [1.165, 1.54) is 0 Å². The van der Waals surface area contributed by atoms with Crippen LogP contribution in [0.15, 0.2) is 18.2 Å². The van der Waals surface area contributed by atoms with E-state index in [0.29, 0.717) is 5.82 Å². The van der Waals surface area contributed by atoms with Crippen LogP contribution in [-0.2, 0) is 0 Å². The van der Waals surface area contributed by atoms with Crippen LogP contribution in [0.1, 0.15) is 11.4 Å². The van der Waals surface area contributed by atoms with Crippen molar-refractivity contribution in [3.8, 4) is 22.8 Å². The fourth-order valence-electron chi connectivity index (χ4n) is 2.19. The summed E-state index contributed by atoms with van der Waals surface area (Å²) in [6.07, 6.45) is 0. The van der Waals surface area contributed by atoms with Gasteiger partial charge in [0.1, 0.15) is 23.1 Å². The minimum atomic E-state index is 0.711. The normalized spacial score (nSPS) is 10.2. The quantitative estimate of drug-likeness (QED) is 0.928. The Morgan fingerprint density at radius 1 is 1.05 bits per heavy atom. The Kier molecular flexibility index (Phi) is 4.08. The van der Waals surface area contributed by atoms with Crippen LogP contribution in [0.25, 0.3) is 11.3 Å². The Bertz CT molecular complexity index is 627. The molecule has 5 nitrogen and oxygen atoms in total. The van der Waals surface area contributed by atoms with Gasteiger partial charge in [0.2, 0.25) is 0 Å². The van der Waals surface area contributed by atoms with Crippen molar-refractivity contribution in [2.45, 2.75) is 13.8 Å². The first kappa shape index (κ1) is 14.1. The third-order valence-corrected chi connectivity index (χ3v) is 3.15. The molecule has 2 rings (SSSR count). The van der Waals surface area contributed by atoms with E-state index in [9.17, 15) is 0 Å². The van der Waals surface area contributed by atoms with Crippen LogP contribution in [0.3, 0.4) is 0 Å². The molecule has 106 valence electrons. The molecule has 0 atom stereocenters. The third-order valence-electron chi connectivity index (χ3n) is 3.15. The minimum Gasteiger partial charge on any atom is -0.496 e. The summed E-state index contributed by atoms with van der Waals surface area (Å²) in [6.45, 7) is 3.83. The average Bonchev–Trinajstić information content (AvgIpc) is 2.46. The van der Waals surface area contributed by atoms with Gasteiger partial charge in [-0.2, -0.15) is 0 Å². The molecule has 0 aliphatic carbocycles. The van der Waals surface area contributed by atoms with Crippen molar-refractivity contribution in [3.05, 3.63) is 29.6 Å². The molecular formula is C15H19N3O2. The number of nitrogens with zero attached hydrogens (tertiary/aromatic N) is 2. The zero-order valence-electron chi connectivity index (χ0n) is 12.4. The van der Waals surface area contributed by atoms with Crippen LogP contribution < -0.4 is 14.8 Å². The molecule has 0 amide bonds. The number of nitrogens with one attached hydrogen (secondary N) is 1. The molecule has 1 aromatic heterocycles. The second-order valence-corrected chi connectivity index (χ2v) is 4.41. The number of benzene rings is 1. The summed E-state index contributed by atoms with van der Waals surface area (Å²) in [7, 11) is 5.13. The molecule has 0 radical (unpaired) electrons. The molecule has 1 aromatic carbocycles. The predicted molar refractivity (Wildman–Crippen MR) is 79.6 cm³/mol. The Labute approximate surface area is 119 Å². The van der Waals surface area contributed by atoms with Crippen molar-refractivity contribution in [3.63, 3.8) is 0 Å². The van der Waals surface area contributed by atoms with Crippen LogP contribution in [-0.4, -0.2) is 31.2 Å². The molecular weight excluding hydrogens is 254 g/mol. The molecule has 0 aliphatic rings. The highest BCUT2D eigenvalue weighted by atomic mass is 16.5. The number of aromatic nitrogens is 2. The van der Waals surface area contributed by atoms with E-state index in [1.807, 2.05) is 39.1 Å². The topological polar surface area (TPSA) is 56.3 Å². The summed E-state index contributed by atoms with van der Waals surface area (Å²) in [6, 6.07) is 5.77. The molecule has 0 spiro atoms. The van der Waals surface area contributed by atoms with Gasteiger partial charge >= 0.3 is 0 Å². The minimum absolute atomic E-state index is 0.711. The zero-order valence-corrected chi connectivity index (χ0v) is 12.4. The zero-order chi connectivity index (χ0) is 14.7. The van der Waals surface area contributed by atoms with E-state index in [-0.39, 0.29) is 0 Å². The number of anilines is 1. The van der Waals surface area contributed by atoms with Crippen LogP contribution >= 0.6 is 0 Å². The highest BCUT2D eigenvalue weighted by molar-refractivity contribution is 5.72. The SMILES string of the molecule is CNc1cc(-c2ccc(OC)c(C)c2OC)nc(C)n1. The van der Waals surface area contributed by atoms with Crippen molar-refractivity contribution in [1.29, 1.82) is 0 Å². The molecule has 0 bridgehead atoms. The standard InChI is InChI=1S/C15H19N3O2/c1-9-13(19-4)7-6-11(15(9)20-5)12-8-14(16-3)18-10(2)17-12/h6-8H,1-5H3,(H,16,17,18). The number of rotatable bonds is 4. The van der Waals surface area contributed by atoms with Gasteiger partial charge in [0, 0.05) is 24.2 Å². The number of methoxy groups -OCH3 is 2. The molecule has 1 heterocycles. The first-order valence-corrected chi connectivity index (χ1v) is 6.36.